The lowest BCUT2D eigenvalue weighted by Gasteiger charge is -2.32. The number of imidazole rings is 2. The van der Waals surface area contributed by atoms with Crippen LogP contribution in [0.15, 0.2) is 36.4 Å². The van der Waals surface area contributed by atoms with E-state index in [-0.39, 0.29) is 17.2 Å². The SMILES string of the molecule is COCC12CCC(CCN3CCc4c(nc(C(=O)Nc5cccc(-c6cccc(NC(=O)c7nc8c(n7C)CCN(CCC79CCC(C(=O)O)(CC7)C9)C8)c6Cl)c5C)n4C)C3)(CC1)C2. The number of benzene rings is 2. The van der Waals surface area contributed by atoms with E-state index in [9.17, 15) is 19.5 Å². The standard InChI is InChI=1S/C50H63ClN8O5/c1-32-33(7-5-9-35(32)54-44(60)42-52-37-27-58(23-11-39(37)56(42)2)25-21-47-13-15-49(29-47,16-14-47)31-64-4)34-8-6-10-36(41(34)51)55-45(61)43-53-38-28-59(24-12-40(38)57(43)3)26-22-48-17-19-50(30-48,20-18-48)46(62)63/h5-10H,11-31H2,1-4H3,(H,54,60)(H,55,61)(H,62,63). The minimum absolute atomic E-state index is 0.140. The normalized spacial score (nSPS) is 27.2. The second-order valence-corrected chi connectivity index (χ2v) is 21.1. The number of carbonyl (C=O) groups excluding carboxylic acids is 2. The maximum absolute atomic E-state index is 13.9. The summed E-state index contributed by atoms with van der Waals surface area (Å²) in [6.45, 7) is 8.09. The van der Waals surface area contributed by atoms with Gasteiger partial charge in [0.1, 0.15) is 0 Å². The van der Waals surface area contributed by atoms with E-state index in [2.05, 4.69) is 20.4 Å². The third-order valence-corrected chi connectivity index (χ3v) is 17.5. The predicted octanol–water partition coefficient (Wildman–Crippen LogP) is 8.42. The molecule has 2 aromatic carbocycles. The van der Waals surface area contributed by atoms with Crippen LogP contribution in [0.4, 0.5) is 11.4 Å². The van der Waals surface area contributed by atoms with Gasteiger partial charge in [-0.3, -0.25) is 24.2 Å². The molecule has 13 nitrogen and oxygen atoms in total. The first-order valence-corrected chi connectivity index (χ1v) is 23.9. The average molecular weight is 892 g/mol. The Labute approximate surface area is 381 Å². The highest BCUT2D eigenvalue weighted by atomic mass is 35.5. The summed E-state index contributed by atoms with van der Waals surface area (Å²) in [5.41, 5.74) is 8.15. The van der Waals surface area contributed by atoms with Crippen LogP contribution in [0.2, 0.25) is 5.02 Å². The van der Waals surface area contributed by atoms with Crippen molar-refractivity contribution < 1.29 is 24.2 Å². The van der Waals surface area contributed by atoms with Crippen molar-refractivity contribution in [1.29, 1.82) is 0 Å². The highest BCUT2D eigenvalue weighted by Gasteiger charge is 2.58. The fraction of sp³-hybridized carbons (Fsp3) is 0.580. The molecule has 4 saturated carbocycles. The number of carbonyl (C=O) groups is 3. The van der Waals surface area contributed by atoms with Crippen LogP contribution in [-0.4, -0.2) is 91.7 Å². The molecular formula is C50H63ClN8O5. The summed E-state index contributed by atoms with van der Waals surface area (Å²) in [5.74, 6) is -0.468. The Bertz CT molecular complexity index is 2510. The molecule has 2 aliphatic heterocycles. The number of fused-ring (bicyclic) bond motifs is 6. The molecule has 2 amide bonds. The van der Waals surface area contributed by atoms with Crippen molar-refractivity contribution in [3.8, 4) is 11.1 Å². The van der Waals surface area contributed by atoms with E-state index in [1.807, 2.05) is 67.6 Å². The number of carboxylic acid groups (broad SMARTS) is 1. The van der Waals surface area contributed by atoms with Crippen molar-refractivity contribution in [2.24, 2.45) is 35.8 Å². The van der Waals surface area contributed by atoms with Crippen molar-refractivity contribution in [3.05, 3.63) is 81.4 Å². The molecular weight excluding hydrogens is 828 g/mol. The highest BCUT2D eigenvalue weighted by molar-refractivity contribution is 6.36. The van der Waals surface area contributed by atoms with E-state index in [4.69, 9.17) is 26.3 Å². The molecule has 4 fully saturated rings. The van der Waals surface area contributed by atoms with Gasteiger partial charge < -0.3 is 29.6 Å². The van der Waals surface area contributed by atoms with Crippen molar-refractivity contribution in [2.75, 3.05) is 50.5 Å². The Morgan fingerprint density at radius 3 is 1.77 bits per heavy atom. The number of rotatable bonds is 14. The minimum Gasteiger partial charge on any atom is -0.481 e. The maximum Gasteiger partial charge on any atom is 0.309 e. The van der Waals surface area contributed by atoms with Gasteiger partial charge in [-0.15, -0.1) is 0 Å². The van der Waals surface area contributed by atoms with Crippen LogP contribution in [0.3, 0.4) is 0 Å². The van der Waals surface area contributed by atoms with Gasteiger partial charge in [-0.25, -0.2) is 9.97 Å². The third kappa shape index (κ3) is 7.57. The molecule has 4 aromatic rings. The lowest BCUT2D eigenvalue weighted by molar-refractivity contribution is -0.148. The van der Waals surface area contributed by atoms with Crippen LogP contribution >= 0.6 is 11.6 Å². The van der Waals surface area contributed by atoms with Gasteiger partial charge in [0.15, 0.2) is 11.6 Å². The van der Waals surface area contributed by atoms with Crippen molar-refractivity contribution >= 4 is 40.8 Å². The molecule has 3 N–H and O–H groups in total. The Kier molecular flexibility index (Phi) is 11.1. The van der Waals surface area contributed by atoms with Gasteiger partial charge in [0, 0.05) is 82.9 Å². The topological polar surface area (TPSA) is 147 Å². The monoisotopic (exact) mass is 890 g/mol. The number of aliphatic carboxylic acids is 1. The fourth-order valence-electron chi connectivity index (χ4n) is 13.3. The quantitative estimate of drug-likeness (QED) is 0.114. The molecule has 4 heterocycles. The number of amides is 2. The highest BCUT2D eigenvalue weighted by Crippen LogP contribution is 2.64. The molecule has 6 aliphatic rings. The summed E-state index contributed by atoms with van der Waals surface area (Å²) >= 11 is 7.10. The summed E-state index contributed by atoms with van der Waals surface area (Å²) < 4.78 is 9.48. The lowest BCUT2D eigenvalue weighted by Crippen LogP contribution is -2.34. The second kappa shape index (κ2) is 16.4. The lowest BCUT2D eigenvalue weighted by atomic mass is 9.80. The molecule has 0 radical (unpaired) electrons. The largest absolute Gasteiger partial charge is 0.481 e. The number of nitrogens with zero attached hydrogens (tertiary/aromatic N) is 6. The van der Waals surface area contributed by atoms with Gasteiger partial charge in [-0.05, 0) is 137 Å². The van der Waals surface area contributed by atoms with E-state index < -0.39 is 11.4 Å². The van der Waals surface area contributed by atoms with Gasteiger partial charge in [0.25, 0.3) is 11.8 Å². The number of halogens is 1. The van der Waals surface area contributed by atoms with Gasteiger partial charge in [0.05, 0.1) is 34.1 Å². The zero-order valence-corrected chi connectivity index (χ0v) is 38.7. The Balaban J connectivity index is 0.776. The smallest absolute Gasteiger partial charge is 0.309 e. The Morgan fingerprint density at radius 1 is 0.719 bits per heavy atom. The van der Waals surface area contributed by atoms with Crippen LogP contribution in [-0.2, 0) is 49.6 Å². The van der Waals surface area contributed by atoms with Crippen LogP contribution in [0.25, 0.3) is 11.1 Å². The first kappa shape index (κ1) is 43.3. The first-order valence-electron chi connectivity index (χ1n) is 23.5. The molecule has 0 saturated heterocycles. The number of ether oxygens (including phenoxy) is 1. The first-order chi connectivity index (χ1) is 30.7. The van der Waals surface area contributed by atoms with Gasteiger partial charge in [-0.2, -0.15) is 0 Å². The number of methoxy groups -OCH3 is 1. The van der Waals surface area contributed by atoms with E-state index in [1.165, 1.54) is 38.5 Å². The van der Waals surface area contributed by atoms with Crippen LogP contribution < -0.4 is 10.6 Å². The molecule has 340 valence electrons. The molecule has 64 heavy (non-hydrogen) atoms. The molecule has 0 spiro atoms. The summed E-state index contributed by atoms with van der Waals surface area (Å²) in [6.07, 6.45) is 14.8. The van der Waals surface area contributed by atoms with E-state index >= 15 is 0 Å². The summed E-state index contributed by atoms with van der Waals surface area (Å²) in [7, 11) is 5.68. The fourth-order valence-corrected chi connectivity index (χ4v) is 13.5. The number of hydrogen-bond acceptors (Lipinski definition) is 8. The third-order valence-electron chi connectivity index (χ3n) is 17.1. The molecule has 4 bridgehead atoms. The molecule has 0 atom stereocenters. The van der Waals surface area contributed by atoms with Crippen LogP contribution in [0.1, 0.15) is 127 Å². The number of anilines is 2. The van der Waals surface area contributed by atoms with Crippen molar-refractivity contribution in [1.82, 2.24) is 28.9 Å². The maximum atomic E-state index is 13.9. The zero-order valence-electron chi connectivity index (χ0n) is 38.0. The number of nitrogens with one attached hydrogen (secondary N) is 2. The van der Waals surface area contributed by atoms with Crippen LogP contribution in [0, 0.1) is 28.6 Å². The van der Waals surface area contributed by atoms with Gasteiger partial charge >= 0.3 is 5.97 Å². The average Bonchev–Trinajstić information content (AvgIpc) is 4.15. The van der Waals surface area contributed by atoms with E-state index in [0.29, 0.717) is 45.4 Å². The molecule has 4 aliphatic carbocycles. The predicted molar refractivity (Wildman–Crippen MR) is 247 cm³/mol. The summed E-state index contributed by atoms with van der Waals surface area (Å²) in [5, 5.41) is 16.5. The van der Waals surface area contributed by atoms with Crippen molar-refractivity contribution in [3.63, 3.8) is 0 Å². The summed E-state index contributed by atoms with van der Waals surface area (Å²) in [6, 6.07) is 11.4. The van der Waals surface area contributed by atoms with E-state index in [0.717, 1.165) is 130 Å². The summed E-state index contributed by atoms with van der Waals surface area (Å²) in [4.78, 5) is 54.5. The number of aromatic nitrogens is 4. The van der Waals surface area contributed by atoms with Gasteiger partial charge in [0.2, 0.25) is 0 Å². The Hall–Kier alpha value is -4.56. The van der Waals surface area contributed by atoms with Crippen molar-refractivity contribution in [2.45, 2.75) is 110 Å². The number of carboxylic acids is 1. The van der Waals surface area contributed by atoms with Crippen LogP contribution in [0.5, 0.6) is 0 Å². The zero-order chi connectivity index (χ0) is 44.6. The van der Waals surface area contributed by atoms with E-state index in [1.54, 1.807) is 6.07 Å². The Morgan fingerprint density at radius 2 is 1.22 bits per heavy atom. The minimum atomic E-state index is -0.620. The molecule has 14 heteroatoms. The molecule has 0 unspecified atom stereocenters. The molecule has 10 rings (SSSR count). The molecule has 2 aromatic heterocycles. The van der Waals surface area contributed by atoms with Gasteiger partial charge in [-0.1, -0.05) is 35.9 Å². The number of hydrogen-bond donors (Lipinski definition) is 3. The second-order valence-electron chi connectivity index (χ2n) is 20.8.